The predicted molar refractivity (Wildman–Crippen MR) is 80.5 cm³/mol. The molecule has 6 heteroatoms. The average Bonchev–Trinajstić information content (AvgIpc) is 3.23. The molecule has 0 spiro atoms. The Morgan fingerprint density at radius 2 is 1.90 bits per heavy atom. The Labute approximate surface area is 121 Å². The van der Waals surface area contributed by atoms with Crippen molar-refractivity contribution in [2.45, 2.75) is 31.8 Å². The van der Waals surface area contributed by atoms with Crippen molar-refractivity contribution in [2.75, 3.05) is 20.1 Å². The number of nitrogens with zero attached hydrogens (tertiary/aromatic N) is 1. The van der Waals surface area contributed by atoms with E-state index in [1.807, 2.05) is 30.3 Å². The molecule has 2 rings (SSSR count). The largest absolute Gasteiger partial charge is 0.314 e. The highest BCUT2D eigenvalue weighted by molar-refractivity contribution is 7.87. The van der Waals surface area contributed by atoms with Crippen LogP contribution in [0.1, 0.15) is 24.8 Å². The minimum absolute atomic E-state index is 0.385. The van der Waals surface area contributed by atoms with Gasteiger partial charge in [0.05, 0.1) is 0 Å². The van der Waals surface area contributed by atoms with Crippen LogP contribution in [0, 0.1) is 0 Å². The van der Waals surface area contributed by atoms with E-state index in [0.29, 0.717) is 19.1 Å². The van der Waals surface area contributed by atoms with Crippen molar-refractivity contribution in [3.8, 4) is 0 Å². The molecule has 0 saturated heterocycles. The summed E-state index contributed by atoms with van der Waals surface area (Å²) in [5.74, 6) is 0. The van der Waals surface area contributed by atoms with Gasteiger partial charge in [0.1, 0.15) is 0 Å². The smallest absolute Gasteiger partial charge is 0.279 e. The van der Waals surface area contributed by atoms with Crippen LogP contribution in [0.25, 0.3) is 0 Å². The third-order valence-electron chi connectivity index (χ3n) is 3.31. The van der Waals surface area contributed by atoms with E-state index in [1.54, 1.807) is 7.05 Å². The average molecular weight is 297 g/mol. The van der Waals surface area contributed by atoms with E-state index < -0.39 is 10.2 Å². The van der Waals surface area contributed by atoms with E-state index in [0.717, 1.165) is 18.5 Å². The first-order chi connectivity index (χ1) is 9.58. The summed E-state index contributed by atoms with van der Waals surface area (Å²) in [5, 5.41) is 3.36. The molecular formula is C14H23N3O2S. The van der Waals surface area contributed by atoms with Gasteiger partial charge in [0, 0.05) is 26.2 Å². The third kappa shape index (κ3) is 5.20. The maximum atomic E-state index is 12.0. The second-order valence-electron chi connectivity index (χ2n) is 5.22. The van der Waals surface area contributed by atoms with Gasteiger partial charge in [-0.2, -0.15) is 12.7 Å². The summed E-state index contributed by atoms with van der Waals surface area (Å²) in [6, 6.07) is 10.3. The lowest BCUT2D eigenvalue weighted by Crippen LogP contribution is -2.38. The maximum absolute atomic E-state index is 12.0. The summed E-state index contributed by atoms with van der Waals surface area (Å²) in [6.45, 7) is 1.73. The van der Waals surface area contributed by atoms with Gasteiger partial charge in [-0.05, 0) is 31.4 Å². The molecule has 1 aromatic carbocycles. The molecule has 0 aliphatic heterocycles. The molecule has 0 bridgehead atoms. The maximum Gasteiger partial charge on any atom is 0.279 e. The monoisotopic (exact) mass is 297 g/mol. The van der Waals surface area contributed by atoms with Gasteiger partial charge in [-0.3, -0.25) is 0 Å². The first-order valence-electron chi connectivity index (χ1n) is 7.06. The molecule has 20 heavy (non-hydrogen) atoms. The molecule has 1 aliphatic carbocycles. The van der Waals surface area contributed by atoms with Crippen molar-refractivity contribution in [2.24, 2.45) is 0 Å². The van der Waals surface area contributed by atoms with Crippen molar-refractivity contribution in [1.29, 1.82) is 0 Å². The van der Waals surface area contributed by atoms with E-state index in [-0.39, 0.29) is 0 Å². The van der Waals surface area contributed by atoms with Gasteiger partial charge in [-0.1, -0.05) is 30.3 Å². The predicted octanol–water partition coefficient (Wildman–Crippen LogP) is 1.09. The second kappa shape index (κ2) is 7.17. The zero-order chi connectivity index (χ0) is 14.4. The highest BCUT2D eigenvalue weighted by Crippen LogP contribution is 2.18. The van der Waals surface area contributed by atoms with Gasteiger partial charge in [-0.15, -0.1) is 0 Å². The van der Waals surface area contributed by atoms with E-state index in [9.17, 15) is 8.42 Å². The van der Waals surface area contributed by atoms with Crippen LogP contribution in [0.5, 0.6) is 0 Å². The lowest BCUT2D eigenvalue weighted by molar-refractivity contribution is 0.453. The van der Waals surface area contributed by atoms with Gasteiger partial charge in [-0.25, -0.2) is 4.72 Å². The molecule has 0 aromatic heterocycles. The fourth-order valence-electron chi connectivity index (χ4n) is 1.92. The zero-order valence-electron chi connectivity index (χ0n) is 11.9. The topological polar surface area (TPSA) is 61.4 Å². The number of rotatable bonds is 9. The van der Waals surface area contributed by atoms with Crippen LogP contribution in [-0.4, -0.2) is 38.9 Å². The van der Waals surface area contributed by atoms with Crippen LogP contribution in [0.15, 0.2) is 30.3 Å². The van der Waals surface area contributed by atoms with Crippen molar-refractivity contribution in [3.63, 3.8) is 0 Å². The van der Waals surface area contributed by atoms with Gasteiger partial charge in [0.15, 0.2) is 0 Å². The highest BCUT2D eigenvalue weighted by atomic mass is 32.2. The van der Waals surface area contributed by atoms with Crippen molar-refractivity contribution < 1.29 is 8.42 Å². The van der Waals surface area contributed by atoms with Gasteiger partial charge in [0.25, 0.3) is 10.2 Å². The van der Waals surface area contributed by atoms with E-state index in [2.05, 4.69) is 10.0 Å². The Bertz CT molecular complexity index is 500. The Balaban J connectivity index is 1.70. The van der Waals surface area contributed by atoms with Crippen LogP contribution in [0.2, 0.25) is 0 Å². The molecule has 0 heterocycles. The minimum atomic E-state index is -3.39. The molecule has 1 fully saturated rings. The Kier molecular flexibility index (Phi) is 5.54. The number of nitrogens with one attached hydrogen (secondary N) is 2. The standard InChI is InChI=1S/C14H23N3O2S/c1-17(12-13-6-3-2-4-7-13)20(18,19)16-11-5-10-15-14-8-9-14/h2-4,6-7,14-16H,5,8-12H2,1H3. The summed E-state index contributed by atoms with van der Waals surface area (Å²) in [6.07, 6.45) is 3.33. The molecule has 0 atom stereocenters. The molecule has 1 aliphatic rings. The van der Waals surface area contributed by atoms with Crippen LogP contribution in [0.4, 0.5) is 0 Å². The van der Waals surface area contributed by atoms with Crippen LogP contribution < -0.4 is 10.0 Å². The first-order valence-corrected chi connectivity index (χ1v) is 8.50. The number of hydrogen-bond acceptors (Lipinski definition) is 3. The lowest BCUT2D eigenvalue weighted by atomic mass is 10.2. The van der Waals surface area contributed by atoms with Crippen LogP contribution in [-0.2, 0) is 16.8 Å². The fourth-order valence-corrected chi connectivity index (χ4v) is 2.86. The summed E-state index contributed by atoms with van der Waals surface area (Å²) >= 11 is 0. The second-order valence-corrected chi connectivity index (χ2v) is 7.09. The van der Waals surface area contributed by atoms with E-state index in [4.69, 9.17) is 0 Å². The van der Waals surface area contributed by atoms with E-state index in [1.165, 1.54) is 17.1 Å². The fraction of sp³-hybridized carbons (Fsp3) is 0.571. The first kappa shape index (κ1) is 15.4. The molecule has 2 N–H and O–H groups in total. The minimum Gasteiger partial charge on any atom is -0.314 e. The lowest BCUT2D eigenvalue weighted by Gasteiger charge is -2.17. The van der Waals surface area contributed by atoms with Crippen LogP contribution in [0.3, 0.4) is 0 Å². The van der Waals surface area contributed by atoms with Gasteiger partial charge >= 0.3 is 0 Å². The summed E-state index contributed by atoms with van der Waals surface area (Å²) in [5.41, 5.74) is 0.982. The highest BCUT2D eigenvalue weighted by Gasteiger charge is 2.20. The molecule has 0 radical (unpaired) electrons. The Hall–Kier alpha value is -0.950. The molecular weight excluding hydrogens is 274 g/mol. The van der Waals surface area contributed by atoms with Crippen molar-refractivity contribution in [1.82, 2.24) is 14.3 Å². The molecule has 0 amide bonds. The number of benzene rings is 1. The molecule has 1 aromatic rings. The van der Waals surface area contributed by atoms with Crippen molar-refractivity contribution in [3.05, 3.63) is 35.9 Å². The summed E-state index contributed by atoms with van der Waals surface area (Å²) in [4.78, 5) is 0. The zero-order valence-corrected chi connectivity index (χ0v) is 12.7. The SMILES string of the molecule is CN(Cc1ccccc1)S(=O)(=O)NCCCNC1CC1. The Morgan fingerprint density at radius 1 is 1.20 bits per heavy atom. The quantitative estimate of drug-likeness (QED) is 0.671. The molecule has 5 nitrogen and oxygen atoms in total. The third-order valence-corrected chi connectivity index (χ3v) is 4.83. The molecule has 112 valence electrons. The summed E-state index contributed by atoms with van der Waals surface area (Å²) in [7, 11) is -1.79. The Morgan fingerprint density at radius 3 is 2.55 bits per heavy atom. The molecule has 1 saturated carbocycles. The van der Waals surface area contributed by atoms with Gasteiger partial charge < -0.3 is 5.32 Å². The number of hydrogen-bond donors (Lipinski definition) is 2. The van der Waals surface area contributed by atoms with Crippen molar-refractivity contribution >= 4 is 10.2 Å². The van der Waals surface area contributed by atoms with Gasteiger partial charge in [0.2, 0.25) is 0 Å². The normalized spacial score (nSPS) is 15.7. The van der Waals surface area contributed by atoms with Crippen LogP contribution >= 0.6 is 0 Å². The summed E-state index contributed by atoms with van der Waals surface area (Å²) < 4.78 is 28.1. The molecule has 0 unspecified atom stereocenters. The van der Waals surface area contributed by atoms with E-state index >= 15 is 0 Å².